The average molecular weight is 1490 g/mol. The maximum absolute atomic E-state index is 10.6. The van der Waals surface area contributed by atoms with Gasteiger partial charge in [0.15, 0.2) is 16.1 Å². The molecule has 96 heavy (non-hydrogen) atoms. The van der Waals surface area contributed by atoms with Gasteiger partial charge in [-0.25, -0.2) is 4.98 Å². The zero-order valence-electron chi connectivity index (χ0n) is 90.3. The molecule has 0 aliphatic carbocycles. The molecule has 0 aliphatic heterocycles. The van der Waals surface area contributed by atoms with E-state index in [2.05, 4.69) is 18.5 Å². The summed E-state index contributed by atoms with van der Waals surface area (Å²) in [5.41, 5.74) is -3.86. The topological polar surface area (TPSA) is 35.9 Å². The first-order valence-electron chi connectivity index (χ1n) is 49.2. The van der Waals surface area contributed by atoms with Crippen LogP contribution in [0.15, 0.2) is 345 Å². The summed E-state index contributed by atoms with van der Waals surface area (Å²) in [5.74, 6) is 0.280. The van der Waals surface area contributed by atoms with Gasteiger partial charge < -0.3 is 13.9 Å². The first-order chi connectivity index (χ1) is 63.3. The van der Waals surface area contributed by atoms with Crippen LogP contribution in [0, 0.1) is 18.5 Å². The Morgan fingerprint density at radius 2 is 0.896 bits per heavy atom. The molecule has 0 fully saturated rings. The number of imidazole rings is 1. The van der Waals surface area contributed by atoms with Crippen molar-refractivity contribution in [2.75, 3.05) is 0 Å². The molecule has 0 saturated carbocycles. The molecule has 13 aromatic carbocycles. The van der Waals surface area contributed by atoms with E-state index in [4.69, 9.17) is 15.2 Å². The van der Waals surface area contributed by atoms with Crippen LogP contribution in [0.4, 0.5) is 0 Å². The first kappa shape index (κ1) is 31.2. The molecule has 0 N–H and O–H groups in total. The van der Waals surface area contributed by atoms with Crippen molar-refractivity contribution in [1.29, 1.82) is 0 Å². The number of fused-ring (bicyclic) bond motifs is 4. The minimum absolute atomic E-state index is 0. The second kappa shape index (κ2) is 25.8. The third kappa shape index (κ3) is 10.8. The second-order valence-corrected chi connectivity index (χ2v) is 29.6. The van der Waals surface area contributed by atoms with Gasteiger partial charge in [-0.1, -0.05) is 310 Å². The zero-order valence-corrected chi connectivity index (χ0v) is 54.6. The average Bonchev–Trinajstić information content (AvgIpc) is 0.844. The summed E-state index contributed by atoms with van der Waals surface area (Å²) in [7, 11) is -14.7. The van der Waals surface area contributed by atoms with Crippen molar-refractivity contribution in [3.8, 4) is 50.9 Å². The zero-order chi connectivity index (χ0) is 98.7. The van der Waals surface area contributed by atoms with E-state index in [1.54, 1.807) is 18.3 Å². The summed E-state index contributed by atoms with van der Waals surface area (Å²) in [6.07, 6.45) is 4.83. The van der Waals surface area contributed by atoms with Crippen molar-refractivity contribution < 1.29 is 85.2 Å². The fourth-order valence-corrected chi connectivity index (χ4v) is 20.3. The minimum Gasteiger partial charge on any atom is -0.510 e. The van der Waals surface area contributed by atoms with Crippen molar-refractivity contribution in [1.82, 2.24) is 14.1 Å². The van der Waals surface area contributed by atoms with E-state index in [1.165, 1.54) is 18.2 Å². The summed E-state index contributed by atoms with van der Waals surface area (Å²) in [4.78, 5) is 4.80. The molecule has 0 bridgehead atoms. The molecule has 16 rings (SSSR count). The Bertz CT molecular complexity index is 7190. The molecule has 0 spiro atoms. The van der Waals surface area contributed by atoms with Crippen molar-refractivity contribution in [2.24, 2.45) is 0 Å². The van der Waals surface area contributed by atoms with Crippen molar-refractivity contribution in [2.45, 2.75) is 26.2 Å². The number of ether oxygens (including phenoxy) is 1. The monoisotopic (exact) mass is 1490 g/mol. The van der Waals surface area contributed by atoms with E-state index in [1.807, 2.05) is 61.7 Å². The number of para-hydroxylation sites is 1. The van der Waals surface area contributed by atoms with E-state index in [9.17, 15) is 49.3 Å². The Morgan fingerprint density at radius 1 is 0.427 bits per heavy atom. The summed E-state index contributed by atoms with van der Waals surface area (Å²) < 4.78 is 405. The van der Waals surface area contributed by atoms with Gasteiger partial charge in [-0.3, -0.25) is 4.57 Å². The summed E-state index contributed by atoms with van der Waals surface area (Å²) in [6, 6.07) is -23.3. The molecule has 5 nitrogen and oxygen atoms in total. The normalized spacial score (nSPS) is 17.7. The molecule has 0 saturated heterocycles. The summed E-state index contributed by atoms with van der Waals surface area (Å²) in [5, 5.41) is -9.47. The van der Waals surface area contributed by atoms with Gasteiger partial charge in [0.2, 0.25) is 0 Å². The Kier molecular flexibility index (Phi) is 8.39. The molecule has 8 heteroatoms. The predicted octanol–water partition coefficient (Wildman–Crippen LogP) is 15.0. The number of hydrogen-bond donors (Lipinski definition) is 0. The van der Waals surface area contributed by atoms with Crippen LogP contribution in [0.3, 0.4) is 0 Å². The second-order valence-electron chi connectivity index (χ2n) is 22.5. The minimum atomic E-state index is -7.37. The summed E-state index contributed by atoms with van der Waals surface area (Å²) in [6.45, 7) is 6.09. The predicted molar refractivity (Wildman–Crippen MR) is 397 cm³/mol. The molecule has 0 aliphatic rings. The fraction of sp³-hybridized carbons (Fsp3) is 0.0455. The van der Waals surface area contributed by atoms with Crippen molar-refractivity contribution in [3.63, 3.8) is 0 Å². The Labute approximate surface area is 634 Å². The number of benzene rings is 13. The third-order valence-electron chi connectivity index (χ3n) is 16.2. The van der Waals surface area contributed by atoms with Crippen LogP contribution in [0.25, 0.3) is 72.3 Å². The van der Waals surface area contributed by atoms with Gasteiger partial charge in [-0.15, -0.1) is 29.7 Å². The van der Waals surface area contributed by atoms with Gasteiger partial charge >= 0.3 is 0 Å². The van der Waals surface area contributed by atoms with Gasteiger partial charge in [0.25, 0.3) is 6.33 Å². The van der Waals surface area contributed by atoms with Crippen molar-refractivity contribution >= 4 is 90.5 Å². The van der Waals surface area contributed by atoms with Gasteiger partial charge in [0.05, 0.1) is 71.6 Å². The maximum atomic E-state index is 10.6. The van der Waals surface area contributed by atoms with Crippen LogP contribution in [0.2, 0.25) is 0 Å². The number of nitrogens with zero attached hydrogens (tertiary/aromatic N) is 4. The molecule has 0 unspecified atom stereocenters. The first-order valence-corrected chi connectivity index (χ1v) is 33.2. The number of pyridine rings is 1. The van der Waals surface area contributed by atoms with Crippen LogP contribution in [-0.2, 0) is 26.5 Å². The molecule has 464 valence electrons. The number of aromatic nitrogens is 4. The van der Waals surface area contributed by atoms with Crippen LogP contribution in [0.1, 0.15) is 81.2 Å². The smallest absolute Gasteiger partial charge is 0.268 e. The quantitative estimate of drug-likeness (QED) is 0.0444. The molecular weight excluding hydrogens is 1380 g/mol. The molecular formula is C88H66N4OPtSi2-2. The molecule has 3 aromatic heterocycles. The third-order valence-corrected chi connectivity index (χ3v) is 24.6. The van der Waals surface area contributed by atoms with E-state index in [0.717, 1.165) is 38.3 Å². The number of hydrogen-bond acceptors (Lipinski definition) is 2. The van der Waals surface area contributed by atoms with Crippen LogP contribution in [-0.4, -0.2) is 30.3 Å². The molecule has 0 radical (unpaired) electrons. The largest absolute Gasteiger partial charge is 0.510 e. The van der Waals surface area contributed by atoms with Crippen molar-refractivity contribution in [3.05, 3.63) is 369 Å². The van der Waals surface area contributed by atoms with E-state index in [-0.39, 0.29) is 49.2 Å². The summed E-state index contributed by atoms with van der Waals surface area (Å²) >= 11 is 0. The van der Waals surface area contributed by atoms with E-state index < -0.39 is 333 Å². The van der Waals surface area contributed by atoms with Crippen LogP contribution >= 0.6 is 0 Å². The van der Waals surface area contributed by atoms with Crippen LogP contribution in [0.5, 0.6) is 11.5 Å². The maximum Gasteiger partial charge on any atom is 0.268 e. The van der Waals surface area contributed by atoms with E-state index >= 15 is 0 Å². The molecule has 16 aromatic rings. The van der Waals surface area contributed by atoms with E-state index in [0.29, 0.717) is 34.4 Å². The molecule has 3 heterocycles. The van der Waals surface area contributed by atoms with Gasteiger partial charge in [0, 0.05) is 44.3 Å². The van der Waals surface area contributed by atoms with Gasteiger partial charge in [-0.2, -0.15) is 18.2 Å². The van der Waals surface area contributed by atoms with Gasteiger partial charge in [-0.05, 0) is 110 Å². The van der Waals surface area contributed by atoms with Gasteiger partial charge in [0.1, 0.15) is 5.82 Å². The molecule has 0 amide bonds. The number of rotatable bonds is 15. The Morgan fingerprint density at radius 3 is 1.40 bits per heavy atom. The Balaban J connectivity index is 0.0000141. The fourth-order valence-electron chi connectivity index (χ4n) is 12.1. The van der Waals surface area contributed by atoms with Crippen LogP contribution < -0.4 is 50.8 Å². The molecule has 0 atom stereocenters. The standard InChI is InChI=1S/C88H66N4OSi2.Pt/c1-88(2,3)68-55-56-89-86(60-68)92-80-50-29-28-49-78(80)79-53-52-71(62-82(79)92)93-70-36-30-35-69(61-70)90-63-91(81-54-51-66(57-83(81)90)64-31-12-4-13-32-64)87-84(94(72-37-16-6-17-38-72,73-39-18-7-19-40-73)74-41-20-8-21-42-74)58-67(65-33-14-5-15-34-65)59-85(87)95(75-43-22-9-23-44-75,76-45-24-10-25-46-76)77-47-26-11-27-48-77;/h4-60H,1-3H3;/q-2;/i4D,5D,6D,7D,8D,9D,10D,11D,12D,13D,14D,15D,16D,17D,18D,19D,20D,21D,22D,23D,24D,25D,26D,27D,31D,32D,33D,34D,37D,38D,39D,40D,41D,42D,43D,44D,45D,46D,47D,48D;. The SMILES string of the molecule is [2H]c1c([2H])c([2H])c(-c2cc([Si](c3c([2H])c([2H])c([2H])c([2H])c3[2H])(c3c([2H])c([2H])c([2H])c([2H])c3[2H])c3c([2H])c([2H])c([2H])c([2H])c3[2H])c(-[n+]3[c-]n(-c4[c-]c(Oc5[c-]c6c(cc5)c5ccccc5n6-c5cc(C(C)(C)C)ccn5)ccc4)c4cc(-c5c([2H])c([2H])c([2H])c([2H])c5[2H])ccc43)c([Si](c3c([2H])c([2H])c([2H])c([2H])c3[2H])(c3c([2H])c([2H])c([2H])c([2H])c3[2H])c3c([2H])c([2H])c([2H])c([2H])c3[2H])c2)c([2H])c1[2H].[Pt]. The Hall–Kier alpha value is -10.8.